The van der Waals surface area contributed by atoms with E-state index < -0.39 is 9.84 Å². The number of nitrogen functional groups attached to an aromatic ring is 1. The molecule has 0 fully saturated rings. The number of para-hydroxylation sites is 2. The molecule has 4 aromatic rings. The first-order chi connectivity index (χ1) is 14.9. The van der Waals surface area contributed by atoms with Crippen LogP contribution in [0.25, 0.3) is 21.8 Å². The molecule has 0 saturated heterocycles. The number of pyridine rings is 1. The van der Waals surface area contributed by atoms with Crippen molar-refractivity contribution in [2.75, 3.05) is 29.7 Å². The maximum Gasteiger partial charge on any atom is 0.147 e. The number of nitrogens with zero attached hydrogens (tertiary/aromatic N) is 1. The molecular formula is C24H25N3O3S. The molecule has 0 spiro atoms. The van der Waals surface area contributed by atoms with Crippen molar-refractivity contribution in [3.05, 3.63) is 72.3 Å². The first-order valence-corrected chi connectivity index (χ1v) is 12.1. The summed E-state index contributed by atoms with van der Waals surface area (Å²) in [5.41, 5.74) is 11.4. The summed E-state index contributed by atoms with van der Waals surface area (Å²) in [5, 5.41) is 5.60. The monoisotopic (exact) mass is 435 g/mol. The number of fused-ring (bicyclic) bond motifs is 2. The van der Waals surface area contributed by atoms with Crippen LogP contribution < -0.4 is 11.1 Å². The fourth-order valence-electron chi connectivity index (χ4n) is 3.61. The topological polar surface area (TPSA) is 94.3 Å². The Labute approximate surface area is 182 Å². The van der Waals surface area contributed by atoms with Gasteiger partial charge >= 0.3 is 0 Å². The third kappa shape index (κ3) is 5.31. The Bertz CT molecular complexity index is 1280. The highest BCUT2D eigenvalue weighted by Crippen LogP contribution is 2.33. The highest BCUT2D eigenvalue weighted by atomic mass is 32.2. The highest BCUT2D eigenvalue weighted by Gasteiger charge is 2.10. The molecule has 0 amide bonds. The molecule has 0 aliphatic carbocycles. The molecule has 0 unspecified atom stereocenters. The maximum atomic E-state index is 11.2. The second-order valence-electron chi connectivity index (χ2n) is 7.65. The first-order valence-electron chi connectivity index (χ1n) is 10.1. The van der Waals surface area contributed by atoms with Gasteiger partial charge in [0.05, 0.1) is 29.1 Å². The number of hydrogen-bond acceptors (Lipinski definition) is 6. The molecule has 4 rings (SSSR count). The zero-order valence-corrected chi connectivity index (χ0v) is 18.2. The lowest BCUT2D eigenvalue weighted by Gasteiger charge is -2.15. The normalized spacial score (nSPS) is 11.8. The summed E-state index contributed by atoms with van der Waals surface area (Å²) >= 11 is 0. The van der Waals surface area contributed by atoms with Crippen molar-refractivity contribution in [2.45, 2.75) is 13.0 Å². The van der Waals surface area contributed by atoms with Gasteiger partial charge in [-0.1, -0.05) is 36.4 Å². The molecule has 0 atom stereocenters. The molecule has 0 bridgehead atoms. The first kappa shape index (κ1) is 21.1. The zero-order valence-electron chi connectivity index (χ0n) is 17.3. The Kier molecular flexibility index (Phi) is 6.06. The summed E-state index contributed by atoms with van der Waals surface area (Å²) in [6, 6.07) is 21.8. The van der Waals surface area contributed by atoms with Gasteiger partial charge in [0.15, 0.2) is 0 Å². The van der Waals surface area contributed by atoms with Crippen LogP contribution in [0.5, 0.6) is 0 Å². The van der Waals surface area contributed by atoms with Gasteiger partial charge in [-0.05, 0) is 42.3 Å². The SMILES string of the molecule is CS(=O)(=O)CCCOCc1cc(N)cc(Nc2c3ccccc3nc3ccccc23)c1. The molecule has 0 aliphatic heterocycles. The predicted molar refractivity (Wildman–Crippen MR) is 127 cm³/mol. The quantitative estimate of drug-likeness (QED) is 0.237. The summed E-state index contributed by atoms with van der Waals surface area (Å²) in [6.07, 6.45) is 1.70. The Morgan fingerprint density at radius 1 is 0.968 bits per heavy atom. The average molecular weight is 436 g/mol. The Hall–Kier alpha value is -3.16. The van der Waals surface area contributed by atoms with Crippen molar-refractivity contribution in [3.8, 4) is 0 Å². The van der Waals surface area contributed by atoms with Crippen LogP contribution in [0, 0.1) is 0 Å². The molecule has 7 heteroatoms. The third-order valence-electron chi connectivity index (χ3n) is 4.94. The minimum Gasteiger partial charge on any atom is -0.399 e. The van der Waals surface area contributed by atoms with Crippen LogP contribution in [0.3, 0.4) is 0 Å². The van der Waals surface area contributed by atoms with Crippen LogP contribution in [0.15, 0.2) is 66.7 Å². The lowest BCUT2D eigenvalue weighted by molar-refractivity contribution is 0.122. The maximum absolute atomic E-state index is 11.2. The molecule has 0 radical (unpaired) electrons. The van der Waals surface area contributed by atoms with E-state index in [1.807, 2.05) is 54.6 Å². The third-order valence-corrected chi connectivity index (χ3v) is 5.97. The molecule has 160 valence electrons. The van der Waals surface area contributed by atoms with Crippen LogP contribution in [-0.4, -0.2) is 32.0 Å². The van der Waals surface area contributed by atoms with Crippen molar-refractivity contribution in [1.82, 2.24) is 4.98 Å². The predicted octanol–water partition coefficient (Wildman–Crippen LogP) is 4.67. The van der Waals surface area contributed by atoms with Gasteiger partial charge in [0.2, 0.25) is 0 Å². The Balaban J connectivity index is 1.59. The largest absolute Gasteiger partial charge is 0.399 e. The van der Waals surface area contributed by atoms with Gasteiger partial charge in [0.1, 0.15) is 9.84 Å². The van der Waals surface area contributed by atoms with E-state index in [0.29, 0.717) is 25.3 Å². The van der Waals surface area contributed by atoms with E-state index in [9.17, 15) is 8.42 Å². The van der Waals surface area contributed by atoms with Crippen LogP contribution in [0.4, 0.5) is 17.1 Å². The minimum absolute atomic E-state index is 0.124. The fourth-order valence-corrected chi connectivity index (χ4v) is 4.25. The number of hydrogen-bond donors (Lipinski definition) is 2. The van der Waals surface area contributed by atoms with E-state index in [1.165, 1.54) is 6.26 Å². The summed E-state index contributed by atoms with van der Waals surface area (Å²) in [7, 11) is -2.97. The number of nitrogens with one attached hydrogen (secondary N) is 1. The average Bonchev–Trinajstić information content (AvgIpc) is 2.72. The zero-order chi connectivity index (χ0) is 21.8. The number of nitrogens with two attached hydrogens (primary N) is 1. The van der Waals surface area contributed by atoms with Gasteiger partial charge in [-0.25, -0.2) is 13.4 Å². The van der Waals surface area contributed by atoms with E-state index in [1.54, 1.807) is 0 Å². The highest BCUT2D eigenvalue weighted by molar-refractivity contribution is 7.90. The van der Waals surface area contributed by atoms with E-state index in [-0.39, 0.29) is 5.75 Å². The van der Waals surface area contributed by atoms with Crippen molar-refractivity contribution in [2.24, 2.45) is 0 Å². The number of aromatic nitrogens is 1. The smallest absolute Gasteiger partial charge is 0.147 e. The van der Waals surface area contributed by atoms with Crippen molar-refractivity contribution < 1.29 is 13.2 Å². The lowest BCUT2D eigenvalue weighted by Crippen LogP contribution is -2.06. The molecule has 6 nitrogen and oxygen atoms in total. The van der Waals surface area contributed by atoms with Crippen LogP contribution in [-0.2, 0) is 21.2 Å². The number of benzene rings is 3. The fraction of sp³-hybridized carbons (Fsp3) is 0.208. The molecule has 0 aliphatic rings. The summed E-state index contributed by atoms with van der Waals surface area (Å²) in [5.74, 6) is 0.124. The van der Waals surface area contributed by atoms with Crippen molar-refractivity contribution in [3.63, 3.8) is 0 Å². The minimum atomic E-state index is -2.97. The summed E-state index contributed by atoms with van der Waals surface area (Å²) in [4.78, 5) is 4.76. The van der Waals surface area contributed by atoms with E-state index in [2.05, 4.69) is 17.4 Å². The van der Waals surface area contributed by atoms with Crippen molar-refractivity contribution >= 4 is 48.7 Å². The summed E-state index contributed by atoms with van der Waals surface area (Å²) in [6.45, 7) is 0.742. The van der Waals surface area contributed by atoms with Gasteiger partial charge in [0, 0.05) is 35.0 Å². The second kappa shape index (κ2) is 8.91. The molecule has 0 saturated carbocycles. The number of sulfone groups is 1. The van der Waals surface area contributed by atoms with E-state index in [4.69, 9.17) is 15.5 Å². The lowest BCUT2D eigenvalue weighted by atomic mass is 10.1. The van der Waals surface area contributed by atoms with Gasteiger partial charge < -0.3 is 15.8 Å². The van der Waals surface area contributed by atoms with E-state index in [0.717, 1.165) is 38.7 Å². The summed E-state index contributed by atoms with van der Waals surface area (Å²) < 4.78 is 28.1. The van der Waals surface area contributed by atoms with Gasteiger partial charge in [0.25, 0.3) is 0 Å². The van der Waals surface area contributed by atoms with E-state index >= 15 is 0 Å². The molecule has 3 aromatic carbocycles. The van der Waals surface area contributed by atoms with Crippen molar-refractivity contribution in [1.29, 1.82) is 0 Å². The standard InChI is InChI=1S/C24H25N3O3S/c1-31(28,29)12-6-11-30-16-17-13-18(25)15-19(14-17)26-24-20-7-2-4-9-22(20)27-23-10-5-3-8-21(23)24/h2-5,7-10,13-15H,6,11-12,16,25H2,1H3,(H,26,27). The Morgan fingerprint density at radius 3 is 2.26 bits per heavy atom. The molecule has 3 N–H and O–H groups in total. The molecule has 1 heterocycles. The Morgan fingerprint density at radius 2 is 1.61 bits per heavy atom. The number of ether oxygens (including phenoxy) is 1. The van der Waals surface area contributed by atoms with Crippen LogP contribution in [0.2, 0.25) is 0 Å². The number of anilines is 3. The van der Waals surface area contributed by atoms with Gasteiger partial charge in [-0.3, -0.25) is 0 Å². The van der Waals surface area contributed by atoms with Gasteiger partial charge in [-0.15, -0.1) is 0 Å². The molecule has 31 heavy (non-hydrogen) atoms. The second-order valence-corrected chi connectivity index (χ2v) is 9.91. The molecule has 1 aromatic heterocycles. The van der Waals surface area contributed by atoms with Crippen LogP contribution in [0.1, 0.15) is 12.0 Å². The molecular weight excluding hydrogens is 410 g/mol. The van der Waals surface area contributed by atoms with Crippen LogP contribution >= 0.6 is 0 Å². The van der Waals surface area contributed by atoms with Gasteiger partial charge in [-0.2, -0.15) is 0 Å². The number of rotatable bonds is 8.